The molecule has 0 unspecified atom stereocenters. The number of rotatable bonds is 9. The molecule has 0 radical (unpaired) electrons. The summed E-state index contributed by atoms with van der Waals surface area (Å²) in [6.07, 6.45) is -0.138. The first kappa shape index (κ1) is 14.0. The van der Waals surface area contributed by atoms with E-state index in [4.69, 9.17) is 24.3 Å². The van der Waals surface area contributed by atoms with Crippen molar-refractivity contribution in [1.82, 2.24) is 0 Å². The highest BCUT2D eigenvalue weighted by atomic mass is 31.2. The third kappa shape index (κ3) is 6.48. The predicted octanol–water partition coefficient (Wildman–Crippen LogP) is 0.422. The molecule has 0 bridgehead atoms. The normalized spacial score (nSPS) is 11.9. The monoisotopic (exact) mass is 227 g/mol. The largest absolute Gasteiger partial charge is 0.382 e. The van der Waals surface area contributed by atoms with Crippen molar-refractivity contribution in [2.24, 2.45) is 5.73 Å². The van der Waals surface area contributed by atoms with Crippen molar-refractivity contribution in [3.05, 3.63) is 0 Å². The SMILES string of the molecule is COCCOP(=O)(CN)OCCOC. The molecule has 0 aromatic rings. The summed E-state index contributed by atoms with van der Waals surface area (Å²) in [6, 6.07) is 0. The Hall–Kier alpha value is 0.0300. The first-order valence-electron chi connectivity index (χ1n) is 4.24. The van der Waals surface area contributed by atoms with E-state index in [1.54, 1.807) is 0 Å². The average molecular weight is 227 g/mol. The van der Waals surface area contributed by atoms with Gasteiger partial charge in [-0.25, -0.2) is 0 Å². The van der Waals surface area contributed by atoms with Gasteiger partial charge in [-0.1, -0.05) is 0 Å². The molecule has 0 aliphatic heterocycles. The van der Waals surface area contributed by atoms with E-state index in [2.05, 4.69) is 0 Å². The number of hydrogen-bond donors (Lipinski definition) is 1. The number of hydrogen-bond acceptors (Lipinski definition) is 6. The van der Waals surface area contributed by atoms with Crippen LogP contribution >= 0.6 is 7.60 Å². The Balaban J connectivity index is 3.74. The molecule has 2 N–H and O–H groups in total. The molecule has 6 nitrogen and oxygen atoms in total. The second-order valence-corrected chi connectivity index (χ2v) is 4.55. The fourth-order valence-corrected chi connectivity index (χ4v) is 1.65. The Kier molecular flexibility index (Phi) is 8.37. The molecule has 0 aromatic carbocycles. The molecule has 86 valence electrons. The van der Waals surface area contributed by atoms with Gasteiger partial charge in [0.1, 0.15) is 0 Å². The highest BCUT2D eigenvalue weighted by Gasteiger charge is 2.21. The molecular weight excluding hydrogens is 209 g/mol. The number of ether oxygens (including phenoxy) is 2. The summed E-state index contributed by atoms with van der Waals surface area (Å²) in [4.78, 5) is 0. The van der Waals surface area contributed by atoms with Gasteiger partial charge in [-0.3, -0.25) is 4.57 Å². The van der Waals surface area contributed by atoms with Crippen molar-refractivity contribution >= 4 is 7.60 Å². The topological polar surface area (TPSA) is 80.0 Å². The van der Waals surface area contributed by atoms with Gasteiger partial charge in [-0.05, 0) is 0 Å². The molecule has 0 heterocycles. The first-order chi connectivity index (χ1) is 6.68. The summed E-state index contributed by atoms with van der Waals surface area (Å²) in [5.41, 5.74) is 5.28. The van der Waals surface area contributed by atoms with E-state index in [0.29, 0.717) is 13.2 Å². The molecule has 0 fully saturated rings. The molecule has 0 saturated heterocycles. The van der Waals surface area contributed by atoms with Gasteiger partial charge in [0.25, 0.3) is 0 Å². The molecule has 0 amide bonds. The van der Waals surface area contributed by atoms with Crippen LogP contribution in [0.3, 0.4) is 0 Å². The van der Waals surface area contributed by atoms with E-state index in [1.807, 2.05) is 0 Å². The van der Waals surface area contributed by atoms with Crippen LogP contribution in [0.5, 0.6) is 0 Å². The number of nitrogens with two attached hydrogens (primary N) is 1. The molecule has 0 spiro atoms. The van der Waals surface area contributed by atoms with Gasteiger partial charge in [-0.15, -0.1) is 0 Å². The quantitative estimate of drug-likeness (QED) is 0.454. The fraction of sp³-hybridized carbons (Fsp3) is 1.00. The summed E-state index contributed by atoms with van der Waals surface area (Å²) in [7, 11) is -0.0813. The maximum absolute atomic E-state index is 11.7. The van der Waals surface area contributed by atoms with E-state index in [-0.39, 0.29) is 19.5 Å². The Labute approximate surface area is 84.2 Å². The van der Waals surface area contributed by atoms with Crippen LogP contribution in [0.15, 0.2) is 0 Å². The molecule has 0 aromatic heterocycles. The summed E-state index contributed by atoms with van der Waals surface area (Å²) in [5, 5.41) is 0. The van der Waals surface area contributed by atoms with Crippen LogP contribution in [0.4, 0.5) is 0 Å². The molecule has 0 atom stereocenters. The summed E-state index contributed by atoms with van der Waals surface area (Å²) in [6.45, 7) is 1.13. The molecule has 0 aliphatic carbocycles. The van der Waals surface area contributed by atoms with Gasteiger partial charge >= 0.3 is 7.60 Å². The van der Waals surface area contributed by atoms with Crippen LogP contribution < -0.4 is 5.73 Å². The van der Waals surface area contributed by atoms with Crippen LogP contribution in [0, 0.1) is 0 Å². The second-order valence-electron chi connectivity index (χ2n) is 2.45. The van der Waals surface area contributed by atoms with Crippen molar-refractivity contribution in [1.29, 1.82) is 0 Å². The highest BCUT2D eigenvalue weighted by molar-refractivity contribution is 7.53. The Bertz CT molecular complexity index is 163. The van der Waals surface area contributed by atoms with Crippen molar-refractivity contribution < 1.29 is 23.1 Å². The van der Waals surface area contributed by atoms with E-state index in [9.17, 15) is 4.57 Å². The minimum atomic E-state index is -3.14. The third-order valence-electron chi connectivity index (χ3n) is 1.37. The minimum Gasteiger partial charge on any atom is -0.382 e. The lowest BCUT2D eigenvalue weighted by molar-refractivity contribution is 0.107. The van der Waals surface area contributed by atoms with Gasteiger partial charge in [0.2, 0.25) is 0 Å². The van der Waals surface area contributed by atoms with Crippen molar-refractivity contribution in [3.8, 4) is 0 Å². The standard InChI is InChI=1S/C7H18NO5P/c1-10-3-5-12-14(9,7-8)13-6-4-11-2/h3-8H2,1-2H3. The van der Waals surface area contributed by atoms with Gasteiger partial charge in [0, 0.05) is 14.2 Å². The Morgan fingerprint density at radius 1 is 1.00 bits per heavy atom. The Morgan fingerprint density at radius 2 is 1.43 bits per heavy atom. The molecule has 0 aliphatic rings. The molecule has 0 saturated carbocycles. The lowest BCUT2D eigenvalue weighted by Gasteiger charge is -2.16. The van der Waals surface area contributed by atoms with E-state index >= 15 is 0 Å². The van der Waals surface area contributed by atoms with Crippen LogP contribution in [-0.4, -0.2) is 46.9 Å². The van der Waals surface area contributed by atoms with Gasteiger partial charge < -0.3 is 24.3 Å². The zero-order valence-electron chi connectivity index (χ0n) is 8.60. The maximum Gasteiger partial charge on any atom is 0.344 e. The third-order valence-corrected chi connectivity index (χ3v) is 2.97. The van der Waals surface area contributed by atoms with Crippen LogP contribution in [0.25, 0.3) is 0 Å². The van der Waals surface area contributed by atoms with Gasteiger partial charge in [-0.2, -0.15) is 0 Å². The van der Waals surface area contributed by atoms with Crippen molar-refractivity contribution in [2.45, 2.75) is 0 Å². The highest BCUT2D eigenvalue weighted by Crippen LogP contribution is 2.45. The van der Waals surface area contributed by atoms with Crippen molar-refractivity contribution in [3.63, 3.8) is 0 Å². The zero-order valence-corrected chi connectivity index (χ0v) is 9.50. The summed E-state index contributed by atoms with van der Waals surface area (Å²) >= 11 is 0. The molecule has 14 heavy (non-hydrogen) atoms. The second kappa shape index (κ2) is 8.35. The molecule has 0 rings (SSSR count). The smallest absolute Gasteiger partial charge is 0.344 e. The average Bonchev–Trinajstić information content (AvgIpc) is 2.19. The summed E-state index contributed by atoms with van der Waals surface area (Å²) < 4.78 is 31.1. The zero-order chi connectivity index (χ0) is 10.9. The van der Waals surface area contributed by atoms with E-state index in [0.717, 1.165) is 0 Å². The maximum atomic E-state index is 11.7. The van der Waals surface area contributed by atoms with Crippen molar-refractivity contribution in [2.75, 3.05) is 46.9 Å². The molecule has 7 heteroatoms. The van der Waals surface area contributed by atoms with E-state index in [1.165, 1.54) is 14.2 Å². The minimum absolute atomic E-state index is 0.138. The lowest BCUT2D eigenvalue weighted by atomic mass is 10.8. The van der Waals surface area contributed by atoms with E-state index < -0.39 is 7.60 Å². The van der Waals surface area contributed by atoms with Crippen LogP contribution in [0.1, 0.15) is 0 Å². The van der Waals surface area contributed by atoms with Gasteiger partial charge in [0.05, 0.1) is 32.7 Å². The fourth-order valence-electron chi connectivity index (χ4n) is 0.662. The lowest BCUT2D eigenvalue weighted by Crippen LogP contribution is -2.12. The summed E-state index contributed by atoms with van der Waals surface area (Å²) in [5.74, 6) is 0. The first-order valence-corrected chi connectivity index (χ1v) is 5.97. The Morgan fingerprint density at radius 3 is 1.71 bits per heavy atom. The molecular formula is C7H18NO5P. The van der Waals surface area contributed by atoms with Crippen LogP contribution in [0.2, 0.25) is 0 Å². The van der Waals surface area contributed by atoms with Gasteiger partial charge in [0.15, 0.2) is 0 Å². The number of methoxy groups -OCH3 is 2. The predicted molar refractivity (Wildman–Crippen MR) is 52.3 cm³/mol. The van der Waals surface area contributed by atoms with Crippen LogP contribution in [-0.2, 0) is 23.1 Å².